The highest BCUT2D eigenvalue weighted by molar-refractivity contribution is 5.85. The Hall–Kier alpha value is -1.63. The Morgan fingerprint density at radius 2 is 1.80 bits per heavy atom. The van der Waals surface area contributed by atoms with Crippen molar-refractivity contribution in [1.29, 1.82) is 0 Å². The van der Waals surface area contributed by atoms with Gasteiger partial charge in [-0.2, -0.15) is 0 Å². The number of rotatable bonds is 7. The van der Waals surface area contributed by atoms with E-state index < -0.39 is 11.4 Å². The fraction of sp³-hybridized carbons (Fsp3) is 0.769. The summed E-state index contributed by atoms with van der Waals surface area (Å²) in [5.41, 5.74) is -0.957. The number of nitrogens with one attached hydrogen (secondary N) is 2. The molecule has 1 fully saturated rings. The average molecular weight is 286 g/mol. The Labute approximate surface area is 118 Å². The summed E-state index contributed by atoms with van der Waals surface area (Å²) in [7, 11) is 0. The van der Waals surface area contributed by atoms with Crippen LogP contribution in [0.2, 0.25) is 0 Å². The van der Waals surface area contributed by atoms with Crippen molar-refractivity contribution in [3.05, 3.63) is 0 Å². The minimum absolute atomic E-state index is 0.0637. The smallest absolute Gasteiger partial charge is 0.311 e. The number of hydrogen-bond donors (Lipinski definition) is 3. The third-order valence-corrected chi connectivity index (χ3v) is 3.45. The summed E-state index contributed by atoms with van der Waals surface area (Å²) in [6.45, 7) is 2.59. The van der Waals surface area contributed by atoms with E-state index in [1.807, 2.05) is 6.92 Å². The van der Waals surface area contributed by atoms with Gasteiger partial charge in [-0.3, -0.25) is 14.4 Å². The van der Waals surface area contributed by atoms with Crippen LogP contribution in [0.25, 0.3) is 0 Å². The zero-order chi connectivity index (χ0) is 15.0. The summed E-state index contributed by atoms with van der Waals surface area (Å²) < 4.78 is 5.15. The maximum atomic E-state index is 11.6. The molecule has 7 heteroatoms. The molecule has 3 N–H and O–H groups in total. The van der Waals surface area contributed by atoms with Gasteiger partial charge >= 0.3 is 5.97 Å². The van der Waals surface area contributed by atoms with Crippen LogP contribution in [0.5, 0.6) is 0 Å². The van der Waals surface area contributed by atoms with Gasteiger partial charge in [-0.15, -0.1) is 0 Å². The topological polar surface area (TPSA) is 105 Å². The van der Waals surface area contributed by atoms with Crippen LogP contribution < -0.4 is 10.6 Å². The van der Waals surface area contributed by atoms with Crippen molar-refractivity contribution < 1.29 is 24.2 Å². The molecule has 1 rings (SSSR count). The maximum Gasteiger partial charge on any atom is 0.311 e. The quantitative estimate of drug-likeness (QED) is 0.606. The summed E-state index contributed by atoms with van der Waals surface area (Å²) in [6, 6.07) is 0. The van der Waals surface area contributed by atoms with Crippen molar-refractivity contribution in [2.45, 2.75) is 32.6 Å². The Morgan fingerprint density at radius 3 is 2.35 bits per heavy atom. The van der Waals surface area contributed by atoms with E-state index in [-0.39, 0.29) is 24.9 Å². The molecule has 20 heavy (non-hydrogen) atoms. The molecule has 2 amide bonds. The molecule has 1 saturated heterocycles. The predicted octanol–water partition coefficient (Wildman–Crippen LogP) is -0.0997. The van der Waals surface area contributed by atoms with E-state index in [0.29, 0.717) is 32.5 Å². The van der Waals surface area contributed by atoms with Crippen LogP contribution in [-0.2, 0) is 19.1 Å². The second-order valence-electron chi connectivity index (χ2n) is 5.00. The highest BCUT2D eigenvalue weighted by Gasteiger charge is 2.40. The first kappa shape index (κ1) is 16.4. The van der Waals surface area contributed by atoms with Crippen LogP contribution in [0, 0.1) is 5.41 Å². The maximum absolute atomic E-state index is 11.6. The van der Waals surface area contributed by atoms with E-state index in [9.17, 15) is 19.5 Å². The number of amides is 2. The Balaban J connectivity index is 2.38. The highest BCUT2D eigenvalue weighted by Crippen LogP contribution is 2.29. The van der Waals surface area contributed by atoms with Crippen LogP contribution >= 0.6 is 0 Å². The first-order valence-electron chi connectivity index (χ1n) is 6.85. The van der Waals surface area contributed by atoms with Gasteiger partial charge in [0.25, 0.3) is 0 Å². The van der Waals surface area contributed by atoms with E-state index in [0.717, 1.165) is 6.42 Å². The molecule has 1 heterocycles. The Kier molecular flexibility index (Phi) is 6.44. The standard InChI is InChI=1S/C13H22N2O5/c1-2-3-10(16)14-8-11(17)15-9-13(12(18)19)4-6-20-7-5-13/h2-9H2,1H3,(H,14,16)(H,15,17)(H,18,19). The lowest BCUT2D eigenvalue weighted by Crippen LogP contribution is -2.48. The van der Waals surface area contributed by atoms with Gasteiger partial charge in [0, 0.05) is 26.2 Å². The molecule has 1 aliphatic rings. The van der Waals surface area contributed by atoms with Crippen LogP contribution in [0.3, 0.4) is 0 Å². The minimum Gasteiger partial charge on any atom is -0.481 e. The summed E-state index contributed by atoms with van der Waals surface area (Å²) in [4.78, 5) is 34.2. The van der Waals surface area contributed by atoms with Gasteiger partial charge in [0.1, 0.15) is 0 Å². The van der Waals surface area contributed by atoms with Crippen LogP contribution in [0.1, 0.15) is 32.6 Å². The highest BCUT2D eigenvalue weighted by atomic mass is 16.5. The first-order valence-corrected chi connectivity index (χ1v) is 6.85. The van der Waals surface area contributed by atoms with Crippen LogP contribution in [0.15, 0.2) is 0 Å². The van der Waals surface area contributed by atoms with Crippen LogP contribution in [0.4, 0.5) is 0 Å². The van der Waals surface area contributed by atoms with Crippen molar-refractivity contribution in [2.75, 3.05) is 26.3 Å². The van der Waals surface area contributed by atoms with Gasteiger partial charge in [0.05, 0.1) is 12.0 Å². The van der Waals surface area contributed by atoms with Gasteiger partial charge in [0.2, 0.25) is 11.8 Å². The molecule has 0 aromatic carbocycles. The molecule has 0 aliphatic carbocycles. The van der Waals surface area contributed by atoms with E-state index in [1.165, 1.54) is 0 Å². The number of carboxylic acid groups (broad SMARTS) is 1. The molecule has 0 saturated carbocycles. The Morgan fingerprint density at radius 1 is 1.15 bits per heavy atom. The molecule has 0 spiro atoms. The van der Waals surface area contributed by atoms with Crippen molar-refractivity contribution in [2.24, 2.45) is 5.41 Å². The predicted molar refractivity (Wildman–Crippen MR) is 71.0 cm³/mol. The molecular weight excluding hydrogens is 264 g/mol. The van der Waals surface area contributed by atoms with E-state index >= 15 is 0 Å². The zero-order valence-electron chi connectivity index (χ0n) is 11.7. The molecule has 114 valence electrons. The number of hydrogen-bond acceptors (Lipinski definition) is 4. The van der Waals surface area contributed by atoms with Crippen molar-refractivity contribution >= 4 is 17.8 Å². The average Bonchev–Trinajstić information content (AvgIpc) is 2.44. The number of carbonyl (C=O) groups is 3. The molecule has 0 unspecified atom stereocenters. The lowest BCUT2D eigenvalue weighted by atomic mass is 9.80. The van der Waals surface area contributed by atoms with Gasteiger partial charge in [0.15, 0.2) is 0 Å². The molecule has 0 atom stereocenters. The van der Waals surface area contributed by atoms with E-state index in [2.05, 4.69) is 10.6 Å². The SMILES string of the molecule is CCCC(=O)NCC(=O)NCC1(C(=O)O)CCOCC1. The van der Waals surface area contributed by atoms with Gasteiger partial charge in [-0.25, -0.2) is 0 Å². The zero-order valence-corrected chi connectivity index (χ0v) is 11.7. The lowest BCUT2D eigenvalue weighted by molar-refractivity contribution is -0.154. The molecule has 7 nitrogen and oxygen atoms in total. The van der Waals surface area contributed by atoms with Crippen molar-refractivity contribution in [3.8, 4) is 0 Å². The number of carboxylic acids is 1. The molecular formula is C13H22N2O5. The fourth-order valence-electron chi connectivity index (χ4n) is 2.05. The summed E-state index contributed by atoms with van der Waals surface area (Å²) in [5, 5.41) is 14.4. The van der Waals surface area contributed by atoms with Gasteiger partial charge in [-0.1, -0.05) is 6.92 Å². The molecule has 0 aromatic heterocycles. The number of carbonyl (C=O) groups excluding carboxylic acids is 2. The first-order chi connectivity index (χ1) is 9.50. The summed E-state index contributed by atoms with van der Waals surface area (Å²) in [5.74, 6) is -1.47. The lowest BCUT2D eigenvalue weighted by Gasteiger charge is -2.33. The monoisotopic (exact) mass is 286 g/mol. The van der Waals surface area contributed by atoms with E-state index in [1.54, 1.807) is 0 Å². The Bertz CT molecular complexity index is 364. The largest absolute Gasteiger partial charge is 0.481 e. The fourth-order valence-corrected chi connectivity index (χ4v) is 2.05. The minimum atomic E-state index is -0.957. The van der Waals surface area contributed by atoms with Crippen molar-refractivity contribution in [1.82, 2.24) is 10.6 Å². The second-order valence-corrected chi connectivity index (χ2v) is 5.00. The number of aliphatic carboxylic acids is 1. The third kappa shape index (κ3) is 4.80. The molecule has 1 aliphatic heterocycles. The molecule has 0 radical (unpaired) electrons. The normalized spacial score (nSPS) is 17.2. The van der Waals surface area contributed by atoms with E-state index in [4.69, 9.17) is 4.74 Å². The van der Waals surface area contributed by atoms with Gasteiger partial charge < -0.3 is 20.5 Å². The molecule has 0 bridgehead atoms. The van der Waals surface area contributed by atoms with Crippen molar-refractivity contribution in [3.63, 3.8) is 0 Å². The van der Waals surface area contributed by atoms with Gasteiger partial charge in [-0.05, 0) is 19.3 Å². The molecule has 0 aromatic rings. The number of ether oxygens (including phenoxy) is 1. The van der Waals surface area contributed by atoms with Crippen LogP contribution in [-0.4, -0.2) is 49.2 Å². The third-order valence-electron chi connectivity index (χ3n) is 3.45. The summed E-state index contributed by atoms with van der Waals surface area (Å²) >= 11 is 0. The second kappa shape index (κ2) is 7.84. The summed E-state index contributed by atoms with van der Waals surface area (Å²) in [6.07, 6.45) is 1.86.